The van der Waals surface area contributed by atoms with E-state index in [1.807, 2.05) is 35.2 Å². The molecule has 1 aliphatic heterocycles. The average Bonchev–Trinajstić information content (AvgIpc) is 3.45. The molecule has 0 N–H and O–H groups in total. The first-order chi connectivity index (χ1) is 17.0. The Morgan fingerprint density at radius 1 is 1.09 bits per heavy atom. The average molecular weight is 488 g/mol. The standard InChI is InChI=1S/C27H25N3O4S/c1-18-8-5-6-13-23(18)29-26(31)25(35-27(29)28-20-10-3-2-4-11-20)17-22-14-15-24(34-22)19-9-7-12-21(16-19)30(32)33/h2-4,7,9-12,14-18,23H,5-6,8,13H2,1H3/b25-17-,28-27?/t18-,23+/m0/s1. The molecule has 178 valence electrons. The molecule has 2 aliphatic rings. The van der Waals surface area contributed by atoms with Crippen LogP contribution in [0.15, 0.2) is 81.0 Å². The Morgan fingerprint density at radius 2 is 1.89 bits per heavy atom. The van der Waals surface area contributed by atoms with Gasteiger partial charge in [-0.2, -0.15) is 0 Å². The van der Waals surface area contributed by atoms with Gasteiger partial charge in [-0.15, -0.1) is 0 Å². The van der Waals surface area contributed by atoms with Gasteiger partial charge < -0.3 is 4.42 Å². The molecule has 0 spiro atoms. The number of benzene rings is 2. The van der Waals surface area contributed by atoms with Gasteiger partial charge in [0.25, 0.3) is 11.6 Å². The number of carbonyl (C=O) groups is 1. The molecule has 2 atom stereocenters. The van der Waals surface area contributed by atoms with Crippen LogP contribution in [-0.2, 0) is 4.79 Å². The van der Waals surface area contributed by atoms with E-state index in [0.717, 1.165) is 24.9 Å². The summed E-state index contributed by atoms with van der Waals surface area (Å²) in [6.07, 6.45) is 6.09. The van der Waals surface area contributed by atoms with Crippen molar-refractivity contribution < 1.29 is 14.1 Å². The topological polar surface area (TPSA) is 89.0 Å². The summed E-state index contributed by atoms with van der Waals surface area (Å²) in [5.41, 5.74) is 1.42. The highest BCUT2D eigenvalue weighted by Gasteiger charge is 2.41. The lowest BCUT2D eigenvalue weighted by atomic mass is 9.85. The molecule has 1 saturated carbocycles. The molecule has 3 aromatic rings. The van der Waals surface area contributed by atoms with Crippen LogP contribution in [0.1, 0.15) is 38.4 Å². The van der Waals surface area contributed by atoms with Crippen molar-refractivity contribution >= 4 is 40.3 Å². The van der Waals surface area contributed by atoms with Crippen LogP contribution in [0, 0.1) is 16.0 Å². The molecule has 0 bridgehead atoms. The molecule has 35 heavy (non-hydrogen) atoms. The fourth-order valence-corrected chi connectivity index (χ4v) is 5.66. The van der Waals surface area contributed by atoms with Gasteiger partial charge in [0.2, 0.25) is 0 Å². The van der Waals surface area contributed by atoms with E-state index in [2.05, 4.69) is 6.92 Å². The van der Waals surface area contributed by atoms with Crippen molar-refractivity contribution in [3.05, 3.63) is 87.5 Å². The molecule has 1 aliphatic carbocycles. The molecule has 2 aromatic carbocycles. The lowest BCUT2D eigenvalue weighted by molar-refractivity contribution is -0.384. The Bertz CT molecular complexity index is 1310. The quantitative estimate of drug-likeness (QED) is 0.219. The van der Waals surface area contributed by atoms with E-state index in [1.54, 1.807) is 30.3 Å². The first kappa shape index (κ1) is 23.1. The van der Waals surface area contributed by atoms with Crippen LogP contribution in [0.25, 0.3) is 17.4 Å². The monoisotopic (exact) mass is 487 g/mol. The fraction of sp³-hybridized carbons (Fsp3) is 0.259. The molecular weight excluding hydrogens is 462 g/mol. The largest absolute Gasteiger partial charge is 0.457 e. The third kappa shape index (κ3) is 4.93. The number of para-hydroxylation sites is 1. The summed E-state index contributed by atoms with van der Waals surface area (Å²) in [6.45, 7) is 2.21. The molecule has 5 rings (SSSR count). The van der Waals surface area contributed by atoms with Crippen molar-refractivity contribution in [3.8, 4) is 11.3 Å². The lowest BCUT2D eigenvalue weighted by Gasteiger charge is -2.35. The summed E-state index contributed by atoms with van der Waals surface area (Å²) in [5, 5.41) is 11.8. The van der Waals surface area contributed by atoms with Crippen molar-refractivity contribution in [2.75, 3.05) is 0 Å². The predicted molar refractivity (Wildman–Crippen MR) is 138 cm³/mol. The second-order valence-electron chi connectivity index (χ2n) is 8.85. The number of amides is 1. The van der Waals surface area contributed by atoms with Crippen molar-refractivity contribution in [2.45, 2.75) is 38.6 Å². The molecule has 0 unspecified atom stereocenters. The molecule has 1 amide bonds. The number of furan rings is 1. The minimum absolute atomic E-state index is 0.000611. The van der Waals surface area contributed by atoms with Crippen LogP contribution in [0.5, 0.6) is 0 Å². The van der Waals surface area contributed by atoms with Gasteiger partial charge in [0.05, 0.1) is 15.5 Å². The molecule has 0 radical (unpaired) electrons. The molecule has 1 aromatic heterocycles. The van der Waals surface area contributed by atoms with E-state index in [4.69, 9.17) is 9.41 Å². The number of carbonyl (C=O) groups excluding carboxylic acids is 1. The smallest absolute Gasteiger partial charge is 0.270 e. The zero-order valence-corrected chi connectivity index (χ0v) is 20.1. The molecule has 2 fully saturated rings. The zero-order chi connectivity index (χ0) is 24.4. The van der Waals surface area contributed by atoms with E-state index in [0.29, 0.717) is 33.1 Å². The van der Waals surface area contributed by atoms with Gasteiger partial charge >= 0.3 is 0 Å². The van der Waals surface area contributed by atoms with Crippen molar-refractivity contribution in [1.82, 2.24) is 4.90 Å². The maximum Gasteiger partial charge on any atom is 0.270 e. The van der Waals surface area contributed by atoms with E-state index < -0.39 is 4.92 Å². The second kappa shape index (κ2) is 9.92. The Balaban J connectivity index is 1.47. The van der Waals surface area contributed by atoms with Gasteiger partial charge in [0, 0.05) is 29.8 Å². The van der Waals surface area contributed by atoms with Crippen LogP contribution in [-0.4, -0.2) is 26.9 Å². The molecule has 1 saturated heterocycles. The van der Waals surface area contributed by atoms with E-state index in [9.17, 15) is 14.9 Å². The van der Waals surface area contributed by atoms with Crippen LogP contribution >= 0.6 is 11.8 Å². The lowest BCUT2D eigenvalue weighted by Crippen LogP contribution is -2.44. The highest BCUT2D eigenvalue weighted by molar-refractivity contribution is 8.18. The number of nitro benzene ring substituents is 1. The maximum absolute atomic E-state index is 13.6. The number of non-ortho nitro benzene ring substituents is 1. The molecular formula is C27H25N3O4S. The van der Waals surface area contributed by atoms with Crippen LogP contribution < -0.4 is 0 Å². The first-order valence-electron chi connectivity index (χ1n) is 11.7. The third-order valence-electron chi connectivity index (χ3n) is 6.46. The summed E-state index contributed by atoms with van der Waals surface area (Å²) >= 11 is 1.36. The van der Waals surface area contributed by atoms with Crippen LogP contribution in [0.4, 0.5) is 11.4 Å². The summed E-state index contributed by atoms with van der Waals surface area (Å²) in [5.74, 6) is 1.36. The minimum Gasteiger partial charge on any atom is -0.457 e. The predicted octanol–water partition coefficient (Wildman–Crippen LogP) is 7.04. The minimum atomic E-state index is -0.433. The Labute approximate surface area is 207 Å². The second-order valence-corrected chi connectivity index (χ2v) is 9.86. The Hall–Kier alpha value is -3.65. The highest BCUT2D eigenvalue weighted by Crippen LogP contribution is 2.40. The Kier molecular flexibility index (Phi) is 6.55. The summed E-state index contributed by atoms with van der Waals surface area (Å²) in [4.78, 5) is 31.5. The van der Waals surface area contributed by atoms with Crippen molar-refractivity contribution in [1.29, 1.82) is 0 Å². The van der Waals surface area contributed by atoms with Crippen LogP contribution in [0.2, 0.25) is 0 Å². The van der Waals surface area contributed by atoms with Crippen LogP contribution in [0.3, 0.4) is 0 Å². The highest BCUT2D eigenvalue weighted by atomic mass is 32.2. The Morgan fingerprint density at radius 3 is 2.66 bits per heavy atom. The SMILES string of the molecule is C[C@H]1CCCC[C@H]1N1C(=O)/C(=C/c2ccc(-c3cccc([N+](=O)[O-])c3)o2)SC1=Nc1ccccc1. The van der Waals surface area contributed by atoms with Crippen molar-refractivity contribution in [2.24, 2.45) is 10.9 Å². The summed E-state index contributed by atoms with van der Waals surface area (Å²) < 4.78 is 5.95. The van der Waals surface area contributed by atoms with E-state index in [-0.39, 0.29) is 17.6 Å². The van der Waals surface area contributed by atoms with Gasteiger partial charge in [-0.3, -0.25) is 19.8 Å². The maximum atomic E-state index is 13.6. The number of thioether (sulfide) groups is 1. The summed E-state index contributed by atoms with van der Waals surface area (Å²) in [7, 11) is 0. The number of nitrogens with zero attached hydrogens (tertiary/aromatic N) is 3. The van der Waals surface area contributed by atoms with Gasteiger partial charge in [-0.05, 0) is 54.8 Å². The number of nitro groups is 1. The van der Waals surface area contributed by atoms with Gasteiger partial charge in [-0.25, -0.2) is 4.99 Å². The van der Waals surface area contributed by atoms with Crippen molar-refractivity contribution in [3.63, 3.8) is 0 Å². The summed E-state index contributed by atoms with van der Waals surface area (Å²) in [6, 6.07) is 19.6. The van der Waals surface area contributed by atoms with E-state index in [1.165, 1.54) is 30.3 Å². The number of aliphatic imine (C=N–C) groups is 1. The number of rotatable bonds is 5. The first-order valence-corrected chi connectivity index (χ1v) is 12.5. The fourth-order valence-electron chi connectivity index (χ4n) is 4.64. The van der Waals surface area contributed by atoms with Gasteiger partial charge in [0.1, 0.15) is 11.5 Å². The zero-order valence-electron chi connectivity index (χ0n) is 19.3. The molecule has 2 heterocycles. The molecule has 8 heteroatoms. The van der Waals surface area contributed by atoms with Gasteiger partial charge in [0.15, 0.2) is 5.17 Å². The van der Waals surface area contributed by atoms with Gasteiger partial charge in [-0.1, -0.05) is 50.1 Å². The number of hydrogen-bond acceptors (Lipinski definition) is 6. The van der Waals surface area contributed by atoms with E-state index >= 15 is 0 Å². The third-order valence-corrected chi connectivity index (χ3v) is 7.44. The number of amidine groups is 1. The molecule has 7 nitrogen and oxygen atoms in total. The number of hydrogen-bond donors (Lipinski definition) is 0. The normalized spacial score (nSPS) is 22.8.